The summed E-state index contributed by atoms with van der Waals surface area (Å²) in [5, 5.41) is 6.54. The van der Waals surface area contributed by atoms with Gasteiger partial charge in [-0.1, -0.05) is 47.5 Å². The zero-order valence-electron chi connectivity index (χ0n) is 19.3. The molecule has 4 aromatic rings. The van der Waals surface area contributed by atoms with E-state index < -0.39 is 15.8 Å². The number of sulfonamides is 1. The van der Waals surface area contributed by atoms with Crippen LogP contribution in [0.3, 0.4) is 0 Å². The fourth-order valence-corrected chi connectivity index (χ4v) is 5.47. The van der Waals surface area contributed by atoms with Gasteiger partial charge in [-0.2, -0.15) is 5.10 Å². The van der Waals surface area contributed by atoms with E-state index in [1.807, 2.05) is 13.8 Å². The second-order valence-electron chi connectivity index (χ2n) is 7.95. The lowest BCUT2D eigenvalue weighted by Gasteiger charge is -2.18. The van der Waals surface area contributed by atoms with Crippen LogP contribution in [0, 0.1) is 5.82 Å². The Morgan fingerprint density at radius 2 is 1.69 bits per heavy atom. The monoisotopic (exact) mass is 534 g/mol. The van der Waals surface area contributed by atoms with Crippen molar-refractivity contribution in [1.82, 2.24) is 14.5 Å². The molecule has 0 aliphatic heterocycles. The second-order valence-corrected chi connectivity index (χ2v) is 10.5. The topological polar surface area (TPSA) is 67.2 Å². The van der Waals surface area contributed by atoms with Crippen molar-refractivity contribution < 1.29 is 12.8 Å². The molecular weight excluding hydrogens is 510 g/mol. The SMILES string of the molecule is CCN(CC)c1nn(Cc2c(Cl)cccc2Cl)c2ccc(S(=O)(=O)NCc3ccccc3F)cc12. The van der Waals surface area contributed by atoms with Crippen molar-refractivity contribution in [3.63, 3.8) is 0 Å². The van der Waals surface area contributed by atoms with E-state index in [-0.39, 0.29) is 17.0 Å². The molecular formula is C25H25Cl2FN4O2S. The quantitative estimate of drug-likeness (QED) is 0.292. The maximum Gasteiger partial charge on any atom is 0.240 e. The number of hydrogen-bond acceptors (Lipinski definition) is 4. The van der Waals surface area contributed by atoms with Crippen LogP contribution >= 0.6 is 23.2 Å². The predicted octanol–water partition coefficient (Wildman–Crippen LogP) is 5.86. The van der Waals surface area contributed by atoms with Gasteiger partial charge in [-0.15, -0.1) is 0 Å². The van der Waals surface area contributed by atoms with Gasteiger partial charge in [-0.25, -0.2) is 17.5 Å². The van der Waals surface area contributed by atoms with Crippen molar-refractivity contribution in [2.45, 2.75) is 31.8 Å². The number of halogens is 3. The summed E-state index contributed by atoms with van der Waals surface area (Å²) in [6, 6.07) is 16.2. The predicted molar refractivity (Wildman–Crippen MR) is 139 cm³/mol. The van der Waals surface area contributed by atoms with E-state index in [1.165, 1.54) is 12.1 Å². The van der Waals surface area contributed by atoms with Crippen molar-refractivity contribution in [1.29, 1.82) is 0 Å². The van der Waals surface area contributed by atoms with Gasteiger partial charge in [-0.3, -0.25) is 4.68 Å². The van der Waals surface area contributed by atoms with Gasteiger partial charge in [0.05, 0.1) is 17.0 Å². The van der Waals surface area contributed by atoms with Crippen molar-refractivity contribution in [3.8, 4) is 0 Å². The minimum absolute atomic E-state index is 0.0741. The average molecular weight is 535 g/mol. The van der Waals surface area contributed by atoms with Crippen LogP contribution in [0.2, 0.25) is 10.0 Å². The molecule has 6 nitrogen and oxygen atoms in total. The normalized spacial score (nSPS) is 11.8. The largest absolute Gasteiger partial charge is 0.355 e. The highest BCUT2D eigenvalue weighted by Crippen LogP contribution is 2.31. The van der Waals surface area contributed by atoms with Crippen LogP contribution in [0.4, 0.5) is 10.2 Å². The summed E-state index contributed by atoms with van der Waals surface area (Å²) in [6.07, 6.45) is 0. The molecule has 0 radical (unpaired) electrons. The highest BCUT2D eigenvalue weighted by atomic mass is 35.5. The lowest BCUT2D eigenvalue weighted by molar-refractivity contribution is 0.574. The van der Waals surface area contributed by atoms with Gasteiger partial charge in [0.25, 0.3) is 0 Å². The fraction of sp³-hybridized carbons (Fsp3) is 0.240. The Kier molecular flexibility index (Phi) is 7.66. The molecule has 3 aromatic carbocycles. The first kappa shape index (κ1) is 25.4. The molecule has 35 heavy (non-hydrogen) atoms. The zero-order chi connectivity index (χ0) is 25.2. The van der Waals surface area contributed by atoms with Gasteiger partial charge < -0.3 is 4.90 Å². The summed E-state index contributed by atoms with van der Waals surface area (Å²) in [7, 11) is -3.90. The van der Waals surface area contributed by atoms with Gasteiger partial charge in [-0.05, 0) is 50.2 Å². The lowest BCUT2D eigenvalue weighted by atomic mass is 10.2. The number of nitrogens with zero attached hydrogens (tertiary/aromatic N) is 3. The molecule has 0 aliphatic carbocycles. The minimum atomic E-state index is -3.90. The Bertz CT molecular complexity index is 1450. The number of hydrogen-bond donors (Lipinski definition) is 1. The van der Waals surface area contributed by atoms with E-state index in [0.717, 1.165) is 11.1 Å². The van der Waals surface area contributed by atoms with Gasteiger partial charge in [0.2, 0.25) is 10.0 Å². The molecule has 0 saturated heterocycles. The molecule has 1 heterocycles. The summed E-state index contributed by atoms with van der Waals surface area (Å²) in [5.41, 5.74) is 1.75. The third kappa shape index (κ3) is 5.30. The van der Waals surface area contributed by atoms with E-state index in [9.17, 15) is 12.8 Å². The maximum absolute atomic E-state index is 14.0. The molecule has 0 aliphatic rings. The number of anilines is 1. The minimum Gasteiger partial charge on any atom is -0.355 e. The Labute approximate surface area is 214 Å². The highest BCUT2D eigenvalue weighted by Gasteiger charge is 2.21. The first-order chi connectivity index (χ1) is 16.7. The van der Waals surface area contributed by atoms with Crippen LogP contribution < -0.4 is 9.62 Å². The van der Waals surface area contributed by atoms with Crippen LogP contribution in [-0.4, -0.2) is 31.3 Å². The number of nitrogens with one attached hydrogen (secondary N) is 1. The Hall–Kier alpha value is -2.65. The highest BCUT2D eigenvalue weighted by molar-refractivity contribution is 7.89. The molecule has 184 valence electrons. The third-order valence-corrected chi connectivity index (χ3v) is 7.96. The second kappa shape index (κ2) is 10.5. The Balaban J connectivity index is 1.75. The first-order valence-electron chi connectivity index (χ1n) is 11.2. The van der Waals surface area contributed by atoms with E-state index in [1.54, 1.807) is 53.2 Å². The van der Waals surface area contributed by atoms with Gasteiger partial charge >= 0.3 is 0 Å². The molecule has 1 N–H and O–H groups in total. The number of benzene rings is 3. The maximum atomic E-state index is 14.0. The molecule has 0 spiro atoms. The summed E-state index contributed by atoms with van der Waals surface area (Å²) < 4.78 is 44.3. The summed E-state index contributed by atoms with van der Waals surface area (Å²) in [4.78, 5) is 2.13. The molecule has 0 atom stereocenters. The molecule has 1 aromatic heterocycles. The number of rotatable bonds is 9. The van der Waals surface area contributed by atoms with Crippen LogP contribution in [0.5, 0.6) is 0 Å². The van der Waals surface area contributed by atoms with E-state index >= 15 is 0 Å². The molecule has 0 saturated carbocycles. The van der Waals surface area contributed by atoms with Gasteiger partial charge in [0, 0.05) is 46.2 Å². The number of aromatic nitrogens is 2. The molecule has 0 unspecified atom stereocenters. The third-order valence-electron chi connectivity index (χ3n) is 5.86. The smallest absolute Gasteiger partial charge is 0.240 e. The van der Waals surface area contributed by atoms with E-state index in [0.29, 0.717) is 40.9 Å². The van der Waals surface area contributed by atoms with Crippen LogP contribution in [-0.2, 0) is 23.1 Å². The van der Waals surface area contributed by atoms with Crippen LogP contribution in [0.25, 0.3) is 10.9 Å². The van der Waals surface area contributed by atoms with Crippen molar-refractivity contribution in [3.05, 3.63) is 87.7 Å². The summed E-state index contributed by atoms with van der Waals surface area (Å²) >= 11 is 12.8. The Morgan fingerprint density at radius 3 is 2.34 bits per heavy atom. The molecule has 4 rings (SSSR count). The Morgan fingerprint density at radius 1 is 1.00 bits per heavy atom. The fourth-order valence-electron chi connectivity index (χ4n) is 3.92. The zero-order valence-corrected chi connectivity index (χ0v) is 21.6. The van der Waals surface area contributed by atoms with Crippen LogP contribution in [0.1, 0.15) is 25.0 Å². The molecule has 0 bridgehead atoms. The lowest BCUT2D eigenvalue weighted by Crippen LogP contribution is -2.24. The first-order valence-corrected chi connectivity index (χ1v) is 13.4. The van der Waals surface area contributed by atoms with Gasteiger partial charge in [0.15, 0.2) is 5.82 Å². The average Bonchev–Trinajstić information content (AvgIpc) is 3.19. The molecule has 0 amide bonds. The number of fused-ring (bicyclic) bond motifs is 1. The summed E-state index contributed by atoms with van der Waals surface area (Å²) in [5.74, 6) is 0.202. The molecule has 0 fully saturated rings. The standard InChI is InChI=1S/C25H25Cl2FN4O2S/c1-3-31(4-2)25-19-14-18(35(33,34)29-15-17-8-5-6-11-23(17)28)12-13-24(19)32(30-25)16-20-21(26)9-7-10-22(20)27/h5-14,29H,3-4,15-16H2,1-2H3. The van der Waals surface area contributed by atoms with Gasteiger partial charge in [0.1, 0.15) is 5.82 Å². The van der Waals surface area contributed by atoms with E-state index in [2.05, 4.69) is 9.62 Å². The van der Waals surface area contributed by atoms with Crippen molar-refractivity contribution in [2.24, 2.45) is 0 Å². The van der Waals surface area contributed by atoms with Crippen LogP contribution in [0.15, 0.2) is 65.6 Å². The summed E-state index contributed by atoms with van der Waals surface area (Å²) in [6.45, 7) is 5.58. The molecule has 10 heteroatoms. The van der Waals surface area contributed by atoms with Crippen molar-refractivity contribution in [2.75, 3.05) is 18.0 Å². The van der Waals surface area contributed by atoms with E-state index in [4.69, 9.17) is 28.3 Å². The van der Waals surface area contributed by atoms with Crippen molar-refractivity contribution >= 4 is 49.9 Å².